The third-order valence-corrected chi connectivity index (χ3v) is 5.04. The second-order valence-electron chi connectivity index (χ2n) is 6.62. The van der Waals surface area contributed by atoms with E-state index in [0.29, 0.717) is 31.7 Å². The molecule has 2 N–H and O–H groups in total. The number of hydrogen-bond donors (Lipinski definition) is 1. The molecule has 1 aromatic carbocycles. The van der Waals surface area contributed by atoms with Crippen LogP contribution in [-0.4, -0.2) is 60.9 Å². The number of ether oxygens (including phenoxy) is 1. The summed E-state index contributed by atoms with van der Waals surface area (Å²) < 4.78 is 5.11. The summed E-state index contributed by atoms with van der Waals surface area (Å²) in [5, 5.41) is 0. The van der Waals surface area contributed by atoms with Gasteiger partial charge in [-0.2, -0.15) is 0 Å². The molecule has 2 fully saturated rings. The zero-order valence-corrected chi connectivity index (χ0v) is 15.3. The van der Waals surface area contributed by atoms with E-state index in [1.807, 2.05) is 9.80 Å². The van der Waals surface area contributed by atoms with Crippen molar-refractivity contribution in [3.05, 3.63) is 29.8 Å². The Balaban J connectivity index is 0.00000225. The van der Waals surface area contributed by atoms with Gasteiger partial charge in [0, 0.05) is 43.7 Å². The molecule has 2 unspecified atom stereocenters. The fourth-order valence-electron chi connectivity index (χ4n) is 3.55. The molecule has 2 amide bonds. The molecule has 25 heavy (non-hydrogen) atoms. The van der Waals surface area contributed by atoms with Crippen molar-refractivity contribution in [1.82, 2.24) is 9.80 Å². The largest absolute Gasteiger partial charge is 0.497 e. The van der Waals surface area contributed by atoms with Crippen LogP contribution < -0.4 is 10.5 Å². The first-order valence-corrected chi connectivity index (χ1v) is 8.56. The smallest absolute Gasteiger partial charge is 0.253 e. The number of halogens is 1. The number of carbonyl (C=O) groups excluding carboxylic acids is 2. The van der Waals surface area contributed by atoms with Crippen LogP contribution in [0.3, 0.4) is 0 Å². The predicted octanol–water partition coefficient (Wildman–Crippen LogP) is 1.53. The third-order valence-electron chi connectivity index (χ3n) is 5.04. The van der Waals surface area contributed by atoms with Crippen molar-refractivity contribution < 1.29 is 14.3 Å². The average Bonchev–Trinajstić information content (AvgIpc) is 3.07. The maximum absolute atomic E-state index is 12.5. The minimum absolute atomic E-state index is 0. The number of nitrogens with zero attached hydrogens (tertiary/aromatic N) is 2. The summed E-state index contributed by atoms with van der Waals surface area (Å²) in [5.41, 5.74) is 6.56. The van der Waals surface area contributed by atoms with Crippen LogP contribution in [0, 0.1) is 5.92 Å². The van der Waals surface area contributed by atoms with Gasteiger partial charge in [-0.05, 0) is 43.5 Å². The number of piperazine rings is 1. The molecule has 138 valence electrons. The zero-order chi connectivity index (χ0) is 17.1. The number of hydrogen-bond acceptors (Lipinski definition) is 4. The topological polar surface area (TPSA) is 75.9 Å². The fraction of sp³-hybridized carbons (Fsp3) is 0.556. The second-order valence-corrected chi connectivity index (χ2v) is 6.62. The average molecular weight is 368 g/mol. The van der Waals surface area contributed by atoms with Gasteiger partial charge >= 0.3 is 0 Å². The number of benzene rings is 1. The molecule has 1 saturated carbocycles. The Kier molecular flexibility index (Phi) is 6.67. The molecule has 1 aliphatic heterocycles. The van der Waals surface area contributed by atoms with Gasteiger partial charge in [-0.25, -0.2) is 0 Å². The predicted molar refractivity (Wildman–Crippen MR) is 98.0 cm³/mol. The van der Waals surface area contributed by atoms with E-state index in [9.17, 15) is 9.59 Å². The van der Waals surface area contributed by atoms with Crippen molar-refractivity contribution in [2.45, 2.75) is 25.3 Å². The molecule has 0 radical (unpaired) electrons. The van der Waals surface area contributed by atoms with Crippen molar-refractivity contribution in [1.29, 1.82) is 0 Å². The van der Waals surface area contributed by atoms with Crippen LogP contribution in [0.4, 0.5) is 0 Å². The summed E-state index contributed by atoms with van der Waals surface area (Å²) in [6, 6.07) is 7.29. The molecule has 7 heteroatoms. The molecule has 3 rings (SSSR count). The van der Waals surface area contributed by atoms with E-state index in [-0.39, 0.29) is 36.2 Å². The maximum atomic E-state index is 12.5. The summed E-state index contributed by atoms with van der Waals surface area (Å²) in [6.45, 7) is 2.36. The van der Waals surface area contributed by atoms with Crippen molar-refractivity contribution in [2.75, 3.05) is 33.3 Å². The summed E-state index contributed by atoms with van der Waals surface area (Å²) in [4.78, 5) is 28.8. The highest BCUT2D eigenvalue weighted by Gasteiger charge is 2.33. The molecule has 6 nitrogen and oxygen atoms in total. The molecular formula is C18H26ClN3O3. The first kappa shape index (κ1) is 19.5. The first-order chi connectivity index (χ1) is 11.6. The van der Waals surface area contributed by atoms with E-state index in [4.69, 9.17) is 10.5 Å². The van der Waals surface area contributed by atoms with Gasteiger partial charge in [0.05, 0.1) is 7.11 Å². The van der Waals surface area contributed by atoms with E-state index in [1.54, 1.807) is 31.4 Å². The summed E-state index contributed by atoms with van der Waals surface area (Å²) in [7, 11) is 1.60. The van der Waals surface area contributed by atoms with E-state index in [1.165, 1.54) is 0 Å². The Morgan fingerprint density at radius 2 is 1.64 bits per heavy atom. The van der Waals surface area contributed by atoms with Crippen molar-refractivity contribution in [3.63, 3.8) is 0 Å². The molecular weight excluding hydrogens is 342 g/mol. The van der Waals surface area contributed by atoms with Gasteiger partial charge in [0.15, 0.2) is 0 Å². The molecule has 1 aromatic rings. The highest BCUT2D eigenvalue weighted by Crippen LogP contribution is 2.26. The zero-order valence-electron chi connectivity index (χ0n) is 14.5. The van der Waals surface area contributed by atoms with E-state index in [2.05, 4.69) is 0 Å². The molecule has 2 atom stereocenters. The Labute approximate surface area is 154 Å². The highest BCUT2D eigenvalue weighted by atomic mass is 35.5. The first-order valence-electron chi connectivity index (χ1n) is 8.56. The summed E-state index contributed by atoms with van der Waals surface area (Å²) >= 11 is 0. The van der Waals surface area contributed by atoms with E-state index in [0.717, 1.165) is 25.0 Å². The Morgan fingerprint density at radius 3 is 2.16 bits per heavy atom. The lowest BCUT2D eigenvalue weighted by Gasteiger charge is -2.36. The summed E-state index contributed by atoms with van der Waals surface area (Å²) in [6.07, 6.45) is 2.63. The summed E-state index contributed by atoms with van der Waals surface area (Å²) in [5.74, 6) is 1.02. The lowest BCUT2D eigenvalue weighted by atomic mass is 10.1. The van der Waals surface area contributed by atoms with Gasteiger partial charge in [0.25, 0.3) is 5.91 Å². The van der Waals surface area contributed by atoms with Crippen LogP contribution in [-0.2, 0) is 4.79 Å². The number of amides is 2. The standard InChI is InChI=1S/C18H25N3O3.ClH/c1-24-16-6-3-13(4-7-16)17(22)20-8-10-21(11-9-20)18(23)14-2-5-15(19)12-14;/h3-4,6-7,14-15H,2,5,8-12,19H2,1H3;1H. The van der Waals surface area contributed by atoms with Crippen molar-refractivity contribution in [3.8, 4) is 5.75 Å². The minimum atomic E-state index is 0. The molecule has 1 saturated heterocycles. The molecule has 0 spiro atoms. The van der Waals surface area contributed by atoms with Crippen LogP contribution >= 0.6 is 12.4 Å². The monoisotopic (exact) mass is 367 g/mol. The van der Waals surface area contributed by atoms with Crippen LogP contribution in [0.5, 0.6) is 5.75 Å². The highest BCUT2D eigenvalue weighted by molar-refractivity contribution is 5.94. The number of rotatable bonds is 3. The molecule has 0 bridgehead atoms. The quantitative estimate of drug-likeness (QED) is 0.879. The molecule has 2 aliphatic rings. The Morgan fingerprint density at radius 1 is 1.04 bits per heavy atom. The lowest BCUT2D eigenvalue weighted by molar-refractivity contribution is -0.136. The minimum Gasteiger partial charge on any atom is -0.497 e. The number of carbonyl (C=O) groups is 2. The van der Waals surface area contributed by atoms with E-state index >= 15 is 0 Å². The SMILES string of the molecule is COc1ccc(C(=O)N2CCN(C(=O)C3CCC(N)C3)CC2)cc1.Cl. The van der Waals surface area contributed by atoms with Gasteiger partial charge in [0.1, 0.15) is 5.75 Å². The Bertz CT molecular complexity index is 600. The van der Waals surface area contributed by atoms with Crippen LogP contribution in [0.1, 0.15) is 29.6 Å². The van der Waals surface area contributed by atoms with Gasteiger partial charge in [-0.3, -0.25) is 9.59 Å². The van der Waals surface area contributed by atoms with E-state index < -0.39 is 0 Å². The maximum Gasteiger partial charge on any atom is 0.253 e. The van der Waals surface area contributed by atoms with Crippen LogP contribution in [0.2, 0.25) is 0 Å². The normalized spacial score (nSPS) is 23.1. The van der Waals surface area contributed by atoms with Gasteiger partial charge in [0.2, 0.25) is 5.91 Å². The molecule has 1 heterocycles. The fourth-order valence-corrected chi connectivity index (χ4v) is 3.55. The van der Waals surface area contributed by atoms with Crippen molar-refractivity contribution >= 4 is 24.2 Å². The number of methoxy groups -OCH3 is 1. The molecule has 1 aliphatic carbocycles. The second kappa shape index (κ2) is 8.54. The van der Waals surface area contributed by atoms with Gasteiger partial charge in [-0.15, -0.1) is 12.4 Å². The van der Waals surface area contributed by atoms with Crippen molar-refractivity contribution in [2.24, 2.45) is 11.7 Å². The molecule has 0 aromatic heterocycles. The lowest BCUT2D eigenvalue weighted by Crippen LogP contribution is -2.51. The van der Waals surface area contributed by atoms with Crippen LogP contribution in [0.15, 0.2) is 24.3 Å². The Hall–Kier alpha value is -1.79. The number of nitrogens with two attached hydrogens (primary N) is 1. The third kappa shape index (κ3) is 4.44. The van der Waals surface area contributed by atoms with Gasteiger partial charge < -0.3 is 20.3 Å². The van der Waals surface area contributed by atoms with Crippen LogP contribution in [0.25, 0.3) is 0 Å². The van der Waals surface area contributed by atoms with Gasteiger partial charge in [-0.1, -0.05) is 0 Å².